The van der Waals surface area contributed by atoms with Crippen LogP contribution in [0.3, 0.4) is 0 Å². The first-order chi connectivity index (χ1) is 12.7. The van der Waals surface area contributed by atoms with Crippen LogP contribution in [-0.4, -0.2) is 0 Å². The average molecular weight is 353 g/mol. The number of benzene rings is 4. The first-order valence-corrected chi connectivity index (χ1v) is 9.98. The van der Waals surface area contributed by atoms with Gasteiger partial charge < -0.3 is 0 Å². The first-order valence-electron chi connectivity index (χ1n) is 9.16. The van der Waals surface area contributed by atoms with Crippen LogP contribution >= 0.6 is 11.3 Å². The molecule has 1 heterocycles. The molecule has 5 aromatic rings. The minimum atomic E-state index is 0.535. The van der Waals surface area contributed by atoms with E-state index in [4.69, 9.17) is 0 Å². The molecule has 1 heteroatoms. The second-order valence-corrected chi connectivity index (χ2v) is 8.21. The number of fused-ring (bicyclic) bond motifs is 4. The fourth-order valence-electron chi connectivity index (χ4n) is 3.97. The monoisotopic (exact) mass is 352 g/mol. The summed E-state index contributed by atoms with van der Waals surface area (Å²) in [5.41, 5.74) is 4.12. The molecule has 0 radical (unpaired) electrons. The van der Waals surface area contributed by atoms with Gasteiger partial charge in [-0.2, -0.15) is 0 Å². The predicted octanol–water partition coefficient (Wildman–Crippen LogP) is 8.00. The molecule has 4 aromatic carbocycles. The van der Waals surface area contributed by atoms with E-state index in [1.807, 2.05) is 11.3 Å². The molecular weight excluding hydrogens is 332 g/mol. The maximum Gasteiger partial charge on any atom is 0.0434 e. The molecule has 0 spiro atoms. The van der Waals surface area contributed by atoms with Crippen LogP contribution in [0.5, 0.6) is 0 Å². The Hall–Kier alpha value is -2.64. The van der Waals surface area contributed by atoms with Crippen molar-refractivity contribution in [3.63, 3.8) is 0 Å². The summed E-state index contributed by atoms with van der Waals surface area (Å²) in [6, 6.07) is 28.8. The Morgan fingerprint density at radius 3 is 2.04 bits per heavy atom. The molecule has 0 unspecified atom stereocenters. The Balaban J connectivity index is 1.90. The molecule has 0 bridgehead atoms. The molecule has 0 atom stereocenters. The summed E-state index contributed by atoms with van der Waals surface area (Å²) in [6.07, 6.45) is 0. The van der Waals surface area contributed by atoms with Crippen molar-refractivity contribution < 1.29 is 0 Å². The van der Waals surface area contributed by atoms with Gasteiger partial charge in [-0.15, -0.1) is 11.3 Å². The van der Waals surface area contributed by atoms with Crippen molar-refractivity contribution in [2.75, 3.05) is 0 Å². The Morgan fingerprint density at radius 1 is 0.577 bits per heavy atom. The van der Waals surface area contributed by atoms with Gasteiger partial charge in [0.2, 0.25) is 0 Å². The molecule has 0 nitrogen and oxygen atoms in total. The molecule has 126 valence electrons. The smallest absolute Gasteiger partial charge is 0.0434 e. The van der Waals surface area contributed by atoms with E-state index in [9.17, 15) is 0 Å². The standard InChI is InChI=1S/C25H20S/c1-16(2)18-11-6-14-22-23-15-7-13-21(25(23)26-24(18)22)20-12-5-9-17-8-3-4-10-19(17)20/h3-16H,1-2H3. The zero-order valence-corrected chi connectivity index (χ0v) is 15.8. The molecule has 0 saturated heterocycles. The molecule has 0 N–H and O–H groups in total. The number of hydrogen-bond donors (Lipinski definition) is 0. The van der Waals surface area contributed by atoms with Gasteiger partial charge >= 0.3 is 0 Å². The Morgan fingerprint density at radius 2 is 1.19 bits per heavy atom. The van der Waals surface area contributed by atoms with E-state index >= 15 is 0 Å². The van der Waals surface area contributed by atoms with E-state index in [-0.39, 0.29) is 0 Å². The normalized spacial score (nSPS) is 11.8. The van der Waals surface area contributed by atoms with Crippen molar-refractivity contribution in [1.82, 2.24) is 0 Å². The van der Waals surface area contributed by atoms with Crippen LogP contribution in [0.25, 0.3) is 42.1 Å². The van der Waals surface area contributed by atoms with Crippen molar-refractivity contribution in [1.29, 1.82) is 0 Å². The summed E-state index contributed by atoms with van der Waals surface area (Å²) in [5, 5.41) is 5.38. The fraction of sp³-hybridized carbons (Fsp3) is 0.120. The van der Waals surface area contributed by atoms with Crippen molar-refractivity contribution in [3.05, 3.63) is 84.4 Å². The lowest BCUT2D eigenvalue weighted by atomic mass is 9.96. The summed E-state index contributed by atoms with van der Waals surface area (Å²) >= 11 is 1.95. The lowest BCUT2D eigenvalue weighted by Gasteiger charge is -2.08. The third-order valence-corrected chi connectivity index (χ3v) is 6.56. The van der Waals surface area contributed by atoms with Crippen molar-refractivity contribution in [3.8, 4) is 11.1 Å². The van der Waals surface area contributed by atoms with Gasteiger partial charge in [0.15, 0.2) is 0 Å². The largest absolute Gasteiger partial charge is 0.134 e. The van der Waals surface area contributed by atoms with E-state index in [0.29, 0.717) is 5.92 Å². The van der Waals surface area contributed by atoms with Crippen LogP contribution in [0.1, 0.15) is 25.3 Å². The zero-order chi connectivity index (χ0) is 17.7. The highest BCUT2D eigenvalue weighted by Gasteiger charge is 2.14. The maximum absolute atomic E-state index is 2.28. The second kappa shape index (κ2) is 5.96. The Labute approximate surface area is 157 Å². The van der Waals surface area contributed by atoms with Crippen LogP contribution in [0.2, 0.25) is 0 Å². The molecule has 0 aliphatic carbocycles. The van der Waals surface area contributed by atoms with Gasteiger partial charge in [0.25, 0.3) is 0 Å². The predicted molar refractivity (Wildman–Crippen MR) is 116 cm³/mol. The van der Waals surface area contributed by atoms with E-state index in [1.54, 1.807) is 0 Å². The first kappa shape index (κ1) is 15.6. The minimum Gasteiger partial charge on any atom is -0.134 e. The van der Waals surface area contributed by atoms with Gasteiger partial charge in [0, 0.05) is 25.7 Å². The van der Waals surface area contributed by atoms with Gasteiger partial charge in [-0.25, -0.2) is 0 Å². The summed E-state index contributed by atoms with van der Waals surface area (Å²) < 4.78 is 2.83. The van der Waals surface area contributed by atoms with Crippen LogP contribution in [0.4, 0.5) is 0 Å². The molecule has 0 amide bonds. The quantitative estimate of drug-likeness (QED) is 0.302. The molecule has 0 aliphatic heterocycles. The van der Waals surface area contributed by atoms with Crippen LogP contribution in [-0.2, 0) is 0 Å². The van der Waals surface area contributed by atoms with Crippen LogP contribution in [0.15, 0.2) is 78.9 Å². The molecular formula is C25H20S. The molecule has 5 rings (SSSR count). The highest BCUT2D eigenvalue weighted by atomic mass is 32.1. The number of hydrogen-bond acceptors (Lipinski definition) is 1. The van der Waals surface area contributed by atoms with Crippen LogP contribution < -0.4 is 0 Å². The molecule has 0 saturated carbocycles. The van der Waals surface area contributed by atoms with E-state index < -0.39 is 0 Å². The van der Waals surface area contributed by atoms with Crippen molar-refractivity contribution in [2.24, 2.45) is 0 Å². The minimum absolute atomic E-state index is 0.535. The van der Waals surface area contributed by atoms with Gasteiger partial charge in [-0.3, -0.25) is 0 Å². The Bertz CT molecular complexity index is 1250. The molecule has 1 aromatic heterocycles. The summed E-state index contributed by atoms with van der Waals surface area (Å²) in [6.45, 7) is 4.57. The van der Waals surface area contributed by atoms with E-state index in [0.717, 1.165) is 0 Å². The fourth-order valence-corrected chi connectivity index (χ4v) is 5.46. The number of rotatable bonds is 2. The van der Waals surface area contributed by atoms with Crippen molar-refractivity contribution in [2.45, 2.75) is 19.8 Å². The topological polar surface area (TPSA) is 0 Å². The van der Waals surface area contributed by atoms with Gasteiger partial charge in [-0.1, -0.05) is 92.7 Å². The highest BCUT2D eigenvalue weighted by Crippen LogP contribution is 2.43. The maximum atomic E-state index is 2.28. The number of thiophene rings is 1. The average Bonchev–Trinajstić information content (AvgIpc) is 3.06. The second-order valence-electron chi connectivity index (χ2n) is 7.19. The highest BCUT2D eigenvalue weighted by molar-refractivity contribution is 7.26. The zero-order valence-electron chi connectivity index (χ0n) is 15.0. The van der Waals surface area contributed by atoms with Gasteiger partial charge in [0.1, 0.15) is 0 Å². The third-order valence-electron chi connectivity index (χ3n) is 5.26. The van der Waals surface area contributed by atoms with E-state index in [1.165, 1.54) is 47.6 Å². The SMILES string of the molecule is CC(C)c1cccc2c1sc1c(-c3cccc4ccccc34)cccc12. The summed E-state index contributed by atoms with van der Waals surface area (Å²) in [5.74, 6) is 0.535. The van der Waals surface area contributed by atoms with Crippen LogP contribution in [0, 0.1) is 0 Å². The molecule has 0 aliphatic rings. The Kier molecular flexibility index (Phi) is 3.58. The summed E-state index contributed by atoms with van der Waals surface area (Å²) in [7, 11) is 0. The lowest BCUT2D eigenvalue weighted by Crippen LogP contribution is -1.85. The van der Waals surface area contributed by atoms with Gasteiger partial charge in [0.05, 0.1) is 0 Å². The molecule has 0 fully saturated rings. The van der Waals surface area contributed by atoms with E-state index in [2.05, 4.69) is 92.7 Å². The van der Waals surface area contributed by atoms with Crippen molar-refractivity contribution >= 4 is 42.3 Å². The van der Waals surface area contributed by atoms with Gasteiger partial charge in [-0.05, 0) is 27.8 Å². The third kappa shape index (κ3) is 2.28. The summed E-state index contributed by atoms with van der Waals surface area (Å²) in [4.78, 5) is 0. The molecule has 26 heavy (non-hydrogen) atoms. The lowest BCUT2D eigenvalue weighted by molar-refractivity contribution is 0.878.